The lowest BCUT2D eigenvalue weighted by atomic mass is 9.56. The van der Waals surface area contributed by atoms with Gasteiger partial charge in [-0.3, -0.25) is 0 Å². The first-order valence-electron chi connectivity index (χ1n) is 8.66. The standard InChI is InChI=1S/C23H24/c1-4-23(15-9-10-16-23)22(2,3)21-19-13-7-5-11-17(19)18-12-6-8-14-20(18)21/h5-16,21H,4H2,1-3H3. The van der Waals surface area contributed by atoms with Crippen molar-refractivity contribution in [3.05, 3.63) is 84.0 Å². The number of hydrogen-bond donors (Lipinski definition) is 0. The number of benzene rings is 2. The Balaban J connectivity index is 1.95. The van der Waals surface area contributed by atoms with Crippen LogP contribution >= 0.6 is 0 Å². The zero-order chi connectivity index (χ0) is 16.1. The Morgan fingerprint density at radius 2 is 1.30 bits per heavy atom. The molecule has 2 aromatic carbocycles. The third-order valence-corrected chi connectivity index (χ3v) is 6.24. The van der Waals surface area contributed by atoms with Crippen molar-refractivity contribution in [1.82, 2.24) is 0 Å². The van der Waals surface area contributed by atoms with Gasteiger partial charge in [0.25, 0.3) is 0 Å². The van der Waals surface area contributed by atoms with Crippen molar-refractivity contribution in [2.75, 3.05) is 0 Å². The van der Waals surface area contributed by atoms with Gasteiger partial charge in [0.15, 0.2) is 0 Å². The highest BCUT2D eigenvalue weighted by Gasteiger charge is 2.49. The second kappa shape index (κ2) is 4.96. The second-order valence-corrected chi connectivity index (χ2v) is 7.44. The Hall–Kier alpha value is -2.08. The van der Waals surface area contributed by atoms with E-state index in [1.54, 1.807) is 0 Å². The van der Waals surface area contributed by atoms with Crippen molar-refractivity contribution in [3.8, 4) is 11.1 Å². The first-order valence-corrected chi connectivity index (χ1v) is 8.66. The minimum absolute atomic E-state index is 0.119. The van der Waals surface area contributed by atoms with E-state index in [0.717, 1.165) is 6.42 Å². The summed E-state index contributed by atoms with van der Waals surface area (Å²) in [7, 11) is 0. The lowest BCUT2D eigenvalue weighted by Crippen LogP contribution is -2.38. The Morgan fingerprint density at radius 3 is 1.78 bits per heavy atom. The summed E-state index contributed by atoms with van der Waals surface area (Å²) in [5, 5.41) is 0. The molecule has 23 heavy (non-hydrogen) atoms. The maximum atomic E-state index is 2.44. The Kier molecular flexibility index (Phi) is 3.13. The SMILES string of the molecule is CCC1(C(C)(C)C2c3ccccc3-c3ccccc32)C=CC=C1. The Labute approximate surface area is 139 Å². The maximum Gasteiger partial charge on any atom is 0.0164 e. The normalized spacial score (nSPS) is 18.2. The van der Waals surface area contributed by atoms with E-state index in [4.69, 9.17) is 0 Å². The minimum Gasteiger partial charge on any atom is -0.0740 e. The molecule has 0 amide bonds. The van der Waals surface area contributed by atoms with Gasteiger partial charge < -0.3 is 0 Å². The van der Waals surface area contributed by atoms with E-state index in [-0.39, 0.29) is 10.8 Å². The highest BCUT2D eigenvalue weighted by Crippen LogP contribution is 2.61. The van der Waals surface area contributed by atoms with Gasteiger partial charge in [0.1, 0.15) is 0 Å². The van der Waals surface area contributed by atoms with E-state index >= 15 is 0 Å². The van der Waals surface area contributed by atoms with Gasteiger partial charge in [-0.2, -0.15) is 0 Å². The van der Waals surface area contributed by atoms with Crippen molar-refractivity contribution in [3.63, 3.8) is 0 Å². The fraction of sp³-hybridized carbons (Fsp3) is 0.304. The molecule has 0 nitrogen and oxygen atoms in total. The fourth-order valence-electron chi connectivity index (χ4n) is 4.83. The topological polar surface area (TPSA) is 0 Å². The van der Waals surface area contributed by atoms with Crippen molar-refractivity contribution < 1.29 is 0 Å². The minimum atomic E-state index is 0.119. The lowest BCUT2D eigenvalue weighted by Gasteiger charge is -2.46. The molecule has 0 spiro atoms. The molecular weight excluding hydrogens is 276 g/mol. The summed E-state index contributed by atoms with van der Waals surface area (Å²) >= 11 is 0. The van der Waals surface area contributed by atoms with Crippen LogP contribution in [0.2, 0.25) is 0 Å². The summed E-state index contributed by atoms with van der Waals surface area (Å²) in [6, 6.07) is 17.9. The van der Waals surface area contributed by atoms with Crippen LogP contribution in [-0.2, 0) is 0 Å². The monoisotopic (exact) mass is 300 g/mol. The predicted octanol–water partition coefficient (Wildman–Crippen LogP) is 6.35. The molecule has 0 heterocycles. The number of fused-ring (bicyclic) bond motifs is 3. The Bertz CT molecular complexity index is 747. The molecule has 2 aromatic rings. The number of hydrogen-bond acceptors (Lipinski definition) is 0. The van der Waals surface area contributed by atoms with Gasteiger partial charge in [0.2, 0.25) is 0 Å². The highest BCUT2D eigenvalue weighted by atomic mass is 14.5. The van der Waals surface area contributed by atoms with Gasteiger partial charge >= 0.3 is 0 Å². The first-order chi connectivity index (χ1) is 11.1. The van der Waals surface area contributed by atoms with Crippen LogP contribution in [0.25, 0.3) is 11.1 Å². The molecule has 0 fully saturated rings. The molecule has 2 aliphatic rings. The van der Waals surface area contributed by atoms with Crippen molar-refractivity contribution >= 4 is 0 Å². The molecular formula is C23H24. The Morgan fingerprint density at radius 1 is 0.826 bits per heavy atom. The molecule has 0 saturated carbocycles. The summed E-state index contributed by atoms with van der Waals surface area (Å²) in [4.78, 5) is 0. The van der Waals surface area contributed by atoms with Crippen molar-refractivity contribution in [1.29, 1.82) is 0 Å². The molecule has 0 aliphatic heterocycles. The third kappa shape index (κ3) is 1.84. The van der Waals surface area contributed by atoms with Crippen LogP contribution in [0.1, 0.15) is 44.2 Å². The van der Waals surface area contributed by atoms with Gasteiger partial charge in [-0.25, -0.2) is 0 Å². The average Bonchev–Trinajstić information content (AvgIpc) is 3.19. The van der Waals surface area contributed by atoms with Gasteiger partial charge in [-0.05, 0) is 34.1 Å². The summed E-state index contributed by atoms with van der Waals surface area (Å²) in [5.74, 6) is 0.433. The van der Waals surface area contributed by atoms with Crippen LogP contribution in [0.3, 0.4) is 0 Å². The zero-order valence-electron chi connectivity index (χ0n) is 14.2. The molecule has 0 atom stereocenters. The van der Waals surface area contributed by atoms with Crippen LogP contribution in [0.15, 0.2) is 72.8 Å². The molecule has 0 aromatic heterocycles. The van der Waals surface area contributed by atoms with Gasteiger partial charge in [-0.1, -0.05) is 93.6 Å². The molecule has 0 unspecified atom stereocenters. The third-order valence-electron chi connectivity index (χ3n) is 6.24. The second-order valence-electron chi connectivity index (χ2n) is 7.44. The summed E-state index contributed by atoms with van der Waals surface area (Å²) in [6.07, 6.45) is 10.4. The van der Waals surface area contributed by atoms with Gasteiger partial charge in [0.05, 0.1) is 0 Å². The molecule has 116 valence electrons. The van der Waals surface area contributed by atoms with Crippen LogP contribution in [0.4, 0.5) is 0 Å². The van der Waals surface area contributed by atoms with Crippen LogP contribution in [0, 0.1) is 10.8 Å². The van der Waals surface area contributed by atoms with Crippen molar-refractivity contribution in [2.24, 2.45) is 10.8 Å². The molecule has 4 rings (SSSR count). The smallest absolute Gasteiger partial charge is 0.0164 e. The van der Waals surface area contributed by atoms with Gasteiger partial charge in [0, 0.05) is 11.3 Å². The molecule has 0 bridgehead atoms. The van der Waals surface area contributed by atoms with Crippen molar-refractivity contribution in [2.45, 2.75) is 33.1 Å². The number of allylic oxidation sites excluding steroid dienone is 4. The van der Waals surface area contributed by atoms with Gasteiger partial charge in [-0.15, -0.1) is 0 Å². The summed E-state index contributed by atoms with van der Waals surface area (Å²) < 4.78 is 0. The van der Waals surface area contributed by atoms with E-state index in [1.807, 2.05) is 0 Å². The molecule has 0 heteroatoms. The first kappa shape index (κ1) is 14.5. The molecule has 0 saturated heterocycles. The number of rotatable bonds is 3. The van der Waals surface area contributed by atoms with E-state index in [2.05, 4.69) is 93.6 Å². The zero-order valence-corrected chi connectivity index (χ0v) is 14.2. The largest absolute Gasteiger partial charge is 0.0740 e. The van der Waals surface area contributed by atoms with Crippen LogP contribution in [-0.4, -0.2) is 0 Å². The summed E-state index contributed by atoms with van der Waals surface area (Å²) in [5.41, 5.74) is 6.05. The quantitative estimate of drug-likeness (QED) is 0.619. The summed E-state index contributed by atoms with van der Waals surface area (Å²) in [6.45, 7) is 7.20. The predicted molar refractivity (Wildman–Crippen MR) is 98.5 cm³/mol. The van der Waals surface area contributed by atoms with E-state index in [1.165, 1.54) is 22.3 Å². The van der Waals surface area contributed by atoms with E-state index in [9.17, 15) is 0 Å². The maximum absolute atomic E-state index is 2.44. The molecule has 2 aliphatic carbocycles. The highest BCUT2D eigenvalue weighted by molar-refractivity contribution is 5.79. The fourth-order valence-corrected chi connectivity index (χ4v) is 4.83. The lowest BCUT2D eigenvalue weighted by molar-refractivity contribution is 0.150. The van der Waals surface area contributed by atoms with E-state index < -0.39 is 0 Å². The molecule has 0 N–H and O–H groups in total. The van der Waals surface area contributed by atoms with E-state index in [0.29, 0.717) is 5.92 Å². The average molecular weight is 300 g/mol. The van der Waals surface area contributed by atoms with Crippen LogP contribution in [0.5, 0.6) is 0 Å². The molecule has 0 radical (unpaired) electrons. The van der Waals surface area contributed by atoms with Crippen LogP contribution < -0.4 is 0 Å².